The molecule has 2 fully saturated rings. The van der Waals surface area contributed by atoms with Gasteiger partial charge in [0.25, 0.3) is 5.91 Å². The summed E-state index contributed by atoms with van der Waals surface area (Å²) in [7, 11) is 1.67. The van der Waals surface area contributed by atoms with Crippen LogP contribution in [0.2, 0.25) is 0 Å². The molecule has 3 amide bonds. The molecule has 4 heterocycles. The second kappa shape index (κ2) is 8.35. The van der Waals surface area contributed by atoms with Crippen LogP contribution < -0.4 is 0 Å². The van der Waals surface area contributed by atoms with Gasteiger partial charge in [-0.25, -0.2) is 9.37 Å². The summed E-state index contributed by atoms with van der Waals surface area (Å²) in [5.41, 5.74) is 2.93. The molecule has 0 aromatic carbocycles. The first kappa shape index (κ1) is 21.4. The normalized spacial score (nSPS) is 22.3. The molecule has 2 saturated heterocycles. The van der Waals surface area contributed by atoms with Crippen LogP contribution in [-0.2, 0) is 9.53 Å². The molecular weight excluding hydrogens is 398 g/mol. The zero-order valence-electron chi connectivity index (χ0n) is 18.7. The highest BCUT2D eigenvalue weighted by atomic mass is 16.5. The Bertz CT molecular complexity index is 987. The minimum absolute atomic E-state index is 0.259. The molecule has 1 atom stereocenters. The molecule has 3 aliphatic heterocycles. The summed E-state index contributed by atoms with van der Waals surface area (Å²) in [6.07, 6.45) is 1.73. The van der Waals surface area contributed by atoms with Crippen LogP contribution in [0.3, 0.4) is 0 Å². The minimum atomic E-state index is -0.676. The van der Waals surface area contributed by atoms with E-state index in [1.807, 2.05) is 25.3 Å². The number of carbonyl (C=O) groups excluding carboxylic acids is 2. The zero-order chi connectivity index (χ0) is 22.3. The monoisotopic (exact) mass is 428 g/mol. The molecular formula is C21H30N7O3+. The smallest absolute Gasteiger partial charge is 0.379 e. The molecule has 0 spiro atoms. The number of likely N-dealkylation sites (N-methyl/N-ethyl adjacent to an activating group) is 1. The first-order valence-corrected chi connectivity index (χ1v) is 10.6. The van der Waals surface area contributed by atoms with Gasteiger partial charge in [-0.15, -0.1) is 9.78 Å². The summed E-state index contributed by atoms with van der Waals surface area (Å²) >= 11 is 0. The molecule has 0 bridgehead atoms. The summed E-state index contributed by atoms with van der Waals surface area (Å²) in [5.74, 6) is 0.710. The lowest BCUT2D eigenvalue weighted by molar-refractivity contribution is -0.527. The van der Waals surface area contributed by atoms with Crippen molar-refractivity contribution in [2.24, 2.45) is 4.99 Å². The quantitative estimate of drug-likeness (QED) is 0.495. The Balaban J connectivity index is 1.67. The van der Waals surface area contributed by atoms with E-state index < -0.39 is 6.04 Å². The number of nitrogens with zero attached hydrogens (tertiary/aromatic N) is 7. The fraction of sp³-hybridized carbons (Fsp3) is 0.571. The Morgan fingerprint density at radius 3 is 2.52 bits per heavy atom. The third-order valence-corrected chi connectivity index (χ3v) is 6.30. The maximum atomic E-state index is 13.5. The number of amidine groups is 1. The van der Waals surface area contributed by atoms with E-state index in [1.54, 1.807) is 17.8 Å². The van der Waals surface area contributed by atoms with Crippen LogP contribution in [0.5, 0.6) is 0 Å². The Labute approximate surface area is 182 Å². The van der Waals surface area contributed by atoms with Gasteiger partial charge in [0.2, 0.25) is 11.9 Å². The van der Waals surface area contributed by atoms with Crippen LogP contribution >= 0.6 is 0 Å². The second-order valence-corrected chi connectivity index (χ2v) is 8.11. The summed E-state index contributed by atoms with van der Waals surface area (Å²) in [5, 5.41) is 4.62. The number of aliphatic imine (C=N–C) groups is 1. The van der Waals surface area contributed by atoms with Crippen LogP contribution in [0.25, 0.3) is 0 Å². The van der Waals surface area contributed by atoms with Gasteiger partial charge in [-0.3, -0.25) is 19.5 Å². The molecule has 10 nitrogen and oxygen atoms in total. The predicted octanol–water partition coefficient (Wildman–Crippen LogP) is 0.218. The molecule has 4 rings (SSSR count). The topological polar surface area (TPSA) is 86.3 Å². The summed E-state index contributed by atoms with van der Waals surface area (Å²) in [4.78, 5) is 36.2. The number of aryl methyl sites for hydroxylation is 1. The fourth-order valence-corrected chi connectivity index (χ4v) is 4.19. The zero-order valence-corrected chi connectivity index (χ0v) is 18.7. The Kier molecular flexibility index (Phi) is 5.76. The largest absolute Gasteiger partial charge is 0.421 e. The molecule has 1 aromatic rings. The Hall–Kier alpha value is -2.85. The van der Waals surface area contributed by atoms with E-state index >= 15 is 0 Å². The van der Waals surface area contributed by atoms with Crippen molar-refractivity contribution < 1.29 is 18.9 Å². The van der Waals surface area contributed by atoms with E-state index in [0.29, 0.717) is 44.6 Å². The van der Waals surface area contributed by atoms with Crippen molar-refractivity contribution in [1.29, 1.82) is 0 Å². The third kappa shape index (κ3) is 3.59. The molecule has 31 heavy (non-hydrogen) atoms. The number of carbonyl (C=O) groups is 2. The molecule has 3 aliphatic rings. The van der Waals surface area contributed by atoms with Crippen LogP contribution in [0, 0.1) is 20.8 Å². The van der Waals surface area contributed by atoms with Crippen molar-refractivity contribution in [2.75, 3.05) is 53.0 Å². The van der Waals surface area contributed by atoms with Crippen molar-refractivity contribution in [3.8, 4) is 0 Å². The maximum Gasteiger partial charge on any atom is 0.421 e. The van der Waals surface area contributed by atoms with Gasteiger partial charge in [0.1, 0.15) is 5.69 Å². The van der Waals surface area contributed by atoms with Gasteiger partial charge in [-0.1, -0.05) is 17.6 Å². The van der Waals surface area contributed by atoms with Gasteiger partial charge >= 0.3 is 12.0 Å². The Morgan fingerprint density at radius 2 is 1.90 bits per heavy atom. The van der Waals surface area contributed by atoms with Gasteiger partial charge in [-0.2, -0.15) is 0 Å². The van der Waals surface area contributed by atoms with Crippen LogP contribution in [-0.4, -0.2) is 112 Å². The molecule has 1 unspecified atom stereocenters. The summed E-state index contributed by atoms with van der Waals surface area (Å²) < 4.78 is 9.00. The maximum absolute atomic E-state index is 13.5. The molecule has 0 N–H and O–H groups in total. The van der Waals surface area contributed by atoms with Crippen molar-refractivity contribution in [2.45, 2.75) is 26.8 Å². The van der Waals surface area contributed by atoms with Gasteiger partial charge in [0.05, 0.1) is 25.5 Å². The number of imide groups is 1. The second-order valence-electron chi connectivity index (χ2n) is 8.11. The van der Waals surface area contributed by atoms with Crippen molar-refractivity contribution in [3.63, 3.8) is 0 Å². The number of hydrogen-bond donors (Lipinski definition) is 0. The molecule has 166 valence electrons. The Morgan fingerprint density at radius 1 is 1.19 bits per heavy atom. The number of morpholine rings is 1. The molecule has 0 saturated carbocycles. The number of rotatable bonds is 5. The fourth-order valence-electron chi connectivity index (χ4n) is 4.19. The molecule has 1 aromatic heterocycles. The first-order valence-electron chi connectivity index (χ1n) is 10.6. The van der Waals surface area contributed by atoms with E-state index in [-0.39, 0.29) is 11.9 Å². The van der Waals surface area contributed by atoms with Gasteiger partial charge in [-0.05, 0) is 20.8 Å². The minimum Gasteiger partial charge on any atom is -0.379 e. The number of aromatic nitrogens is 2. The van der Waals surface area contributed by atoms with Crippen LogP contribution in [0.15, 0.2) is 17.6 Å². The number of fused-ring (bicyclic) bond motifs is 1. The number of urea groups is 1. The van der Waals surface area contributed by atoms with Crippen LogP contribution in [0.4, 0.5) is 4.79 Å². The molecule has 0 aliphatic carbocycles. The summed E-state index contributed by atoms with van der Waals surface area (Å²) in [6, 6.07) is -1.03. The highest BCUT2D eigenvalue weighted by Crippen LogP contribution is 2.22. The van der Waals surface area contributed by atoms with Gasteiger partial charge in [0, 0.05) is 38.8 Å². The lowest BCUT2D eigenvalue weighted by Crippen LogP contribution is -2.63. The molecule has 0 radical (unpaired) electrons. The van der Waals surface area contributed by atoms with Crippen molar-refractivity contribution >= 4 is 23.7 Å². The van der Waals surface area contributed by atoms with Crippen LogP contribution in [0.1, 0.15) is 17.0 Å². The lowest BCUT2D eigenvalue weighted by atomic mass is 10.1. The highest BCUT2D eigenvalue weighted by Gasteiger charge is 2.53. The number of hydrogen-bond acceptors (Lipinski definition) is 6. The van der Waals surface area contributed by atoms with E-state index in [1.165, 1.54) is 9.80 Å². The third-order valence-electron chi connectivity index (χ3n) is 6.30. The number of amides is 3. The first-order chi connectivity index (χ1) is 14.8. The van der Waals surface area contributed by atoms with E-state index in [4.69, 9.17) is 9.73 Å². The SMILES string of the molecule is C=CC[N+]1=C(n2nc(C)c(C)c2C)N=C2C1C(=O)N(CCN1CCOCC1)C(=O)N2C. The van der Waals surface area contributed by atoms with Crippen molar-refractivity contribution in [3.05, 3.63) is 29.6 Å². The summed E-state index contributed by atoms with van der Waals surface area (Å²) in [6.45, 7) is 14.1. The average molecular weight is 429 g/mol. The number of ether oxygens (including phenoxy) is 1. The van der Waals surface area contributed by atoms with E-state index in [0.717, 1.165) is 30.0 Å². The van der Waals surface area contributed by atoms with E-state index in [2.05, 4.69) is 16.6 Å². The van der Waals surface area contributed by atoms with Gasteiger partial charge < -0.3 is 4.74 Å². The standard InChI is InChI=1S/C21H30N7O3/c1-6-7-26-17-18(22-20(26)28-16(4)14(2)15(3)23-28)24(5)21(30)27(19(17)29)9-8-25-10-12-31-13-11-25/h6,17H,1,7-13H2,2-5H3/q+1. The average Bonchev–Trinajstić information content (AvgIpc) is 3.26. The van der Waals surface area contributed by atoms with Gasteiger partial charge in [0.15, 0.2) is 0 Å². The van der Waals surface area contributed by atoms with Crippen molar-refractivity contribution in [1.82, 2.24) is 24.5 Å². The molecule has 10 heteroatoms. The van der Waals surface area contributed by atoms with E-state index in [9.17, 15) is 9.59 Å². The predicted molar refractivity (Wildman–Crippen MR) is 116 cm³/mol. The lowest BCUT2D eigenvalue weighted by Gasteiger charge is -2.35. The highest BCUT2D eigenvalue weighted by molar-refractivity contribution is 6.23.